The molecule has 3 aliphatic heterocycles. The van der Waals surface area contributed by atoms with Crippen molar-refractivity contribution in [3.05, 3.63) is 29.3 Å². The summed E-state index contributed by atoms with van der Waals surface area (Å²) in [6, 6.07) is 6.12. The van der Waals surface area contributed by atoms with Crippen molar-refractivity contribution in [2.24, 2.45) is 5.92 Å². The first-order chi connectivity index (χ1) is 17.9. The van der Waals surface area contributed by atoms with E-state index in [0.29, 0.717) is 43.6 Å². The van der Waals surface area contributed by atoms with Crippen LogP contribution < -0.4 is 0 Å². The van der Waals surface area contributed by atoms with Crippen molar-refractivity contribution >= 4 is 27.7 Å². The van der Waals surface area contributed by atoms with Crippen LogP contribution in [0.4, 0.5) is 4.79 Å². The van der Waals surface area contributed by atoms with Crippen molar-refractivity contribution in [3.63, 3.8) is 0 Å². The maximum absolute atomic E-state index is 14.0. The van der Waals surface area contributed by atoms with Gasteiger partial charge in [0.15, 0.2) is 0 Å². The minimum absolute atomic E-state index is 0.219. The minimum atomic E-state index is -3.82. The lowest BCUT2D eigenvalue weighted by atomic mass is 10.0. The van der Waals surface area contributed by atoms with Gasteiger partial charge in [0.25, 0.3) is 0 Å². The molecule has 3 saturated heterocycles. The molecule has 5 fully saturated rings. The highest BCUT2D eigenvalue weighted by molar-refractivity contribution is 7.89. The normalized spacial score (nSPS) is 29.7. The number of carbonyl (C=O) groups is 1. The molecular formula is C27H38ClN3O5S. The number of morpholine rings is 1. The second kappa shape index (κ2) is 10.3. The zero-order valence-electron chi connectivity index (χ0n) is 21.4. The molecule has 3 heterocycles. The lowest BCUT2D eigenvalue weighted by molar-refractivity contribution is -0.0765. The van der Waals surface area contributed by atoms with Crippen molar-refractivity contribution in [2.45, 2.75) is 86.4 Å². The first-order valence-electron chi connectivity index (χ1n) is 14.0. The fourth-order valence-corrected chi connectivity index (χ4v) is 8.55. The maximum Gasteiger partial charge on any atom is 0.410 e. The van der Waals surface area contributed by atoms with Crippen LogP contribution in [0.5, 0.6) is 0 Å². The van der Waals surface area contributed by atoms with E-state index in [9.17, 15) is 13.2 Å². The van der Waals surface area contributed by atoms with E-state index < -0.39 is 21.7 Å². The van der Waals surface area contributed by atoms with Crippen LogP contribution in [-0.4, -0.2) is 91.7 Å². The number of halogens is 1. The van der Waals surface area contributed by atoms with Gasteiger partial charge in [-0.15, -0.1) is 0 Å². The number of rotatable bonds is 6. The molecule has 8 nitrogen and oxygen atoms in total. The van der Waals surface area contributed by atoms with Crippen molar-refractivity contribution < 1.29 is 22.7 Å². The van der Waals surface area contributed by atoms with Crippen LogP contribution in [0.15, 0.2) is 29.2 Å². The summed E-state index contributed by atoms with van der Waals surface area (Å²) in [6.07, 6.45) is 8.77. The Bertz CT molecular complexity index is 1080. The van der Waals surface area contributed by atoms with Crippen LogP contribution in [-0.2, 0) is 19.5 Å². The summed E-state index contributed by atoms with van der Waals surface area (Å²) in [5, 5.41) is 0.493. The lowest BCUT2D eigenvalue weighted by Gasteiger charge is -2.45. The molecule has 0 N–H and O–H groups in total. The molecule has 204 valence electrons. The van der Waals surface area contributed by atoms with Gasteiger partial charge in [-0.05, 0) is 94.6 Å². The molecule has 0 radical (unpaired) electrons. The van der Waals surface area contributed by atoms with E-state index >= 15 is 0 Å². The zero-order valence-corrected chi connectivity index (χ0v) is 23.0. The standard InChI is InChI=1S/C27H38ClN3O5S/c28-21-6-8-23(9-7-21)37(33,34)31-24(20-4-5-20)18-35-19-25(31)27(12-13-27)36-26(32)30-16-10-22(11-17-30)29-14-2-1-3-15-29/h6-9,20,22,24-25H,1-5,10-19H2/t24-,25+/m0/s1. The van der Waals surface area contributed by atoms with Crippen LogP contribution in [0.3, 0.4) is 0 Å². The molecule has 2 atom stereocenters. The number of sulfonamides is 1. The SMILES string of the molecule is O=C(OC1([C@H]2COC[C@@H](C3CC3)N2S(=O)(=O)c2ccc(Cl)cc2)CC1)N1CCC(N2CCCCC2)CC1. The number of amides is 1. The molecule has 0 unspecified atom stereocenters. The Balaban J connectivity index is 1.17. The molecule has 2 saturated carbocycles. The summed E-state index contributed by atoms with van der Waals surface area (Å²) >= 11 is 6.04. The van der Waals surface area contributed by atoms with Crippen LogP contribution in [0.2, 0.25) is 5.02 Å². The molecule has 10 heteroatoms. The van der Waals surface area contributed by atoms with Gasteiger partial charge in [0.2, 0.25) is 10.0 Å². The number of piperidine rings is 2. The third kappa shape index (κ3) is 5.26. The molecule has 0 aromatic heterocycles. The Morgan fingerprint density at radius 3 is 2.24 bits per heavy atom. The van der Waals surface area contributed by atoms with E-state index in [2.05, 4.69) is 4.90 Å². The molecule has 0 bridgehead atoms. The molecule has 6 rings (SSSR count). The average Bonchev–Trinajstić information content (AvgIpc) is 3.85. The third-order valence-electron chi connectivity index (χ3n) is 9.02. The van der Waals surface area contributed by atoms with Gasteiger partial charge >= 0.3 is 6.09 Å². The van der Waals surface area contributed by atoms with Gasteiger partial charge in [0.05, 0.1) is 30.2 Å². The summed E-state index contributed by atoms with van der Waals surface area (Å²) in [7, 11) is -3.82. The van der Waals surface area contributed by atoms with Gasteiger partial charge in [-0.3, -0.25) is 0 Å². The van der Waals surface area contributed by atoms with Crippen LogP contribution in [0.25, 0.3) is 0 Å². The predicted molar refractivity (Wildman–Crippen MR) is 140 cm³/mol. The van der Waals surface area contributed by atoms with Crippen LogP contribution >= 0.6 is 11.6 Å². The number of hydrogen-bond donors (Lipinski definition) is 0. The number of carbonyl (C=O) groups excluding carboxylic acids is 1. The number of ether oxygens (including phenoxy) is 2. The summed E-state index contributed by atoms with van der Waals surface area (Å²) < 4.78 is 41.8. The Morgan fingerprint density at radius 2 is 1.62 bits per heavy atom. The van der Waals surface area contributed by atoms with Crippen molar-refractivity contribution in [2.75, 3.05) is 39.4 Å². The van der Waals surface area contributed by atoms with Crippen molar-refractivity contribution in [1.82, 2.24) is 14.1 Å². The molecule has 5 aliphatic rings. The number of benzene rings is 1. The minimum Gasteiger partial charge on any atom is -0.441 e. The van der Waals surface area contributed by atoms with Gasteiger partial charge in [0.1, 0.15) is 5.60 Å². The summed E-state index contributed by atoms with van der Waals surface area (Å²) in [4.78, 5) is 18.0. The highest BCUT2D eigenvalue weighted by Crippen LogP contribution is 2.50. The van der Waals surface area contributed by atoms with E-state index in [1.165, 1.54) is 32.4 Å². The molecular weight excluding hydrogens is 514 g/mol. The molecule has 0 spiro atoms. The first kappa shape index (κ1) is 25.9. The summed E-state index contributed by atoms with van der Waals surface area (Å²) in [5.74, 6) is 0.283. The van der Waals surface area contributed by atoms with Crippen LogP contribution in [0.1, 0.15) is 57.8 Å². The topological polar surface area (TPSA) is 79.4 Å². The molecule has 1 aromatic rings. The predicted octanol–water partition coefficient (Wildman–Crippen LogP) is 4.13. The molecule has 1 aromatic carbocycles. The first-order valence-corrected chi connectivity index (χ1v) is 15.8. The summed E-state index contributed by atoms with van der Waals surface area (Å²) in [6.45, 7) is 4.33. The Kier molecular flexibility index (Phi) is 7.20. The average molecular weight is 552 g/mol. The third-order valence-corrected chi connectivity index (χ3v) is 11.2. The monoisotopic (exact) mass is 551 g/mol. The van der Waals surface area contributed by atoms with Gasteiger partial charge in [0, 0.05) is 24.2 Å². The Labute approximate surface area is 225 Å². The van der Waals surface area contributed by atoms with E-state index in [1.807, 2.05) is 4.90 Å². The largest absolute Gasteiger partial charge is 0.441 e. The quantitative estimate of drug-likeness (QED) is 0.529. The van der Waals surface area contributed by atoms with Gasteiger partial charge in [-0.25, -0.2) is 13.2 Å². The summed E-state index contributed by atoms with van der Waals surface area (Å²) in [5.41, 5.74) is -0.826. The van der Waals surface area contributed by atoms with Gasteiger partial charge < -0.3 is 19.3 Å². The highest BCUT2D eigenvalue weighted by atomic mass is 35.5. The highest BCUT2D eigenvalue weighted by Gasteiger charge is 2.61. The van der Waals surface area contributed by atoms with Crippen LogP contribution in [0, 0.1) is 5.92 Å². The van der Waals surface area contributed by atoms with Gasteiger partial charge in [-0.1, -0.05) is 18.0 Å². The van der Waals surface area contributed by atoms with Gasteiger partial charge in [-0.2, -0.15) is 4.31 Å². The van der Waals surface area contributed by atoms with E-state index in [-0.39, 0.29) is 29.6 Å². The number of nitrogens with zero attached hydrogens (tertiary/aromatic N) is 3. The fourth-order valence-electron chi connectivity index (χ4n) is 6.52. The van der Waals surface area contributed by atoms with Crippen molar-refractivity contribution in [3.8, 4) is 0 Å². The molecule has 2 aliphatic carbocycles. The van der Waals surface area contributed by atoms with E-state index in [4.69, 9.17) is 21.1 Å². The second-order valence-electron chi connectivity index (χ2n) is 11.5. The van der Waals surface area contributed by atoms with Crippen molar-refractivity contribution in [1.29, 1.82) is 0 Å². The Morgan fingerprint density at radius 1 is 0.946 bits per heavy atom. The number of likely N-dealkylation sites (tertiary alicyclic amines) is 2. The molecule has 1 amide bonds. The Hall–Kier alpha value is -1.39. The van der Waals surface area contributed by atoms with E-state index in [1.54, 1.807) is 28.6 Å². The number of hydrogen-bond acceptors (Lipinski definition) is 6. The van der Waals surface area contributed by atoms with E-state index in [0.717, 1.165) is 25.7 Å². The zero-order chi connectivity index (χ0) is 25.6. The fraction of sp³-hybridized carbons (Fsp3) is 0.741. The maximum atomic E-state index is 14.0. The second-order valence-corrected chi connectivity index (χ2v) is 13.8. The smallest absolute Gasteiger partial charge is 0.410 e. The lowest BCUT2D eigenvalue weighted by Crippen LogP contribution is -2.61. The molecule has 37 heavy (non-hydrogen) atoms.